The highest BCUT2D eigenvalue weighted by molar-refractivity contribution is 5.77. The van der Waals surface area contributed by atoms with E-state index in [0.717, 1.165) is 25.9 Å². The Kier molecular flexibility index (Phi) is 3.69. The van der Waals surface area contributed by atoms with E-state index < -0.39 is 5.41 Å². The standard InChI is InChI=1S/C9H18N2O2/c1-2-13-8(12)9(7-10)3-5-11-6-4-9/h11H,2-7,10H2,1H3. The molecule has 0 unspecified atom stereocenters. The molecule has 4 heteroatoms. The van der Waals surface area contributed by atoms with Crippen molar-refractivity contribution in [2.75, 3.05) is 26.2 Å². The van der Waals surface area contributed by atoms with E-state index in [1.54, 1.807) is 0 Å². The van der Waals surface area contributed by atoms with Crippen LogP contribution in [0.15, 0.2) is 0 Å². The zero-order valence-electron chi connectivity index (χ0n) is 8.14. The topological polar surface area (TPSA) is 64.3 Å². The van der Waals surface area contributed by atoms with Gasteiger partial charge in [-0.05, 0) is 32.9 Å². The van der Waals surface area contributed by atoms with Crippen molar-refractivity contribution in [2.24, 2.45) is 11.1 Å². The summed E-state index contributed by atoms with van der Waals surface area (Å²) in [4.78, 5) is 11.6. The lowest BCUT2D eigenvalue weighted by molar-refractivity contribution is -0.156. The Hall–Kier alpha value is -0.610. The molecule has 1 rings (SSSR count). The number of esters is 1. The van der Waals surface area contributed by atoms with Crippen LogP contribution in [0.25, 0.3) is 0 Å². The lowest BCUT2D eigenvalue weighted by atomic mass is 9.79. The summed E-state index contributed by atoms with van der Waals surface area (Å²) in [5.41, 5.74) is 5.23. The zero-order valence-corrected chi connectivity index (χ0v) is 8.14. The van der Waals surface area contributed by atoms with E-state index >= 15 is 0 Å². The lowest BCUT2D eigenvalue weighted by Gasteiger charge is -2.33. The first-order valence-corrected chi connectivity index (χ1v) is 4.83. The predicted molar refractivity (Wildman–Crippen MR) is 50.2 cm³/mol. The van der Waals surface area contributed by atoms with Crippen LogP contribution in [0.2, 0.25) is 0 Å². The maximum Gasteiger partial charge on any atom is 0.313 e. The molecule has 0 aromatic heterocycles. The van der Waals surface area contributed by atoms with E-state index in [-0.39, 0.29) is 5.97 Å². The summed E-state index contributed by atoms with van der Waals surface area (Å²) in [6, 6.07) is 0. The van der Waals surface area contributed by atoms with Crippen LogP contribution in [-0.4, -0.2) is 32.2 Å². The van der Waals surface area contributed by atoms with Crippen LogP contribution in [0.3, 0.4) is 0 Å². The number of hydrogen-bond donors (Lipinski definition) is 2. The fourth-order valence-corrected chi connectivity index (χ4v) is 1.68. The molecule has 1 fully saturated rings. The van der Waals surface area contributed by atoms with Crippen molar-refractivity contribution in [3.8, 4) is 0 Å². The van der Waals surface area contributed by atoms with E-state index in [0.29, 0.717) is 13.2 Å². The molecule has 1 aliphatic heterocycles. The van der Waals surface area contributed by atoms with Crippen LogP contribution >= 0.6 is 0 Å². The number of nitrogens with one attached hydrogen (secondary N) is 1. The fraction of sp³-hybridized carbons (Fsp3) is 0.889. The van der Waals surface area contributed by atoms with E-state index in [1.807, 2.05) is 6.92 Å². The van der Waals surface area contributed by atoms with Gasteiger partial charge in [0.2, 0.25) is 0 Å². The molecule has 0 aromatic rings. The average molecular weight is 186 g/mol. The highest BCUT2D eigenvalue weighted by Gasteiger charge is 2.39. The molecule has 4 nitrogen and oxygen atoms in total. The largest absolute Gasteiger partial charge is 0.466 e. The first kappa shape index (κ1) is 10.5. The van der Waals surface area contributed by atoms with E-state index in [4.69, 9.17) is 10.5 Å². The van der Waals surface area contributed by atoms with Gasteiger partial charge in [0.25, 0.3) is 0 Å². The van der Waals surface area contributed by atoms with Gasteiger partial charge in [0.1, 0.15) is 0 Å². The Bertz CT molecular complexity index is 176. The second kappa shape index (κ2) is 4.58. The van der Waals surface area contributed by atoms with Crippen molar-refractivity contribution in [2.45, 2.75) is 19.8 Å². The second-order valence-electron chi connectivity index (χ2n) is 3.45. The predicted octanol–water partition coefficient (Wildman–Crippen LogP) is -0.122. The third-order valence-electron chi connectivity index (χ3n) is 2.66. The highest BCUT2D eigenvalue weighted by Crippen LogP contribution is 2.28. The van der Waals surface area contributed by atoms with Crippen molar-refractivity contribution in [1.82, 2.24) is 5.32 Å². The molecule has 13 heavy (non-hydrogen) atoms. The number of carbonyl (C=O) groups is 1. The van der Waals surface area contributed by atoms with Gasteiger partial charge in [-0.15, -0.1) is 0 Å². The van der Waals surface area contributed by atoms with E-state index in [2.05, 4.69) is 5.32 Å². The number of piperidine rings is 1. The van der Waals surface area contributed by atoms with Crippen LogP contribution in [0, 0.1) is 5.41 Å². The Labute approximate surface area is 78.8 Å². The van der Waals surface area contributed by atoms with Crippen LogP contribution in [0.5, 0.6) is 0 Å². The van der Waals surface area contributed by atoms with Gasteiger partial charge >= 0.3 is 5.97 Å². The van der Waals surface area contributed by atoms with Crippen molar-refractivity contribution >= 4 is 5.97 Å². The minimum Gasteiger partial charge on any atom is -0.466 e. The molecular formula is C9H18N2O2. The van der Waals surface area contributed by atoms with Crippen molar-refractivity contribution in [3.05, 3.63) is 0 Å². The first-order chi connectivity index (χ1) is 6.25. The molecule has 0 radical (unpaired) electrons. The summed E-state index contributed by atoms with van der Waals surface area (Å²) in [6.45, 7) is 4.37. The monoisotopic (exact) mass is 186 g/mol. The summed E-state index contributed by atoms with van der Waals surface area (Å²) in [6.07, 6.45) is 1.59. The fourth-order valence-electron chi connectivity index (χ4n) is 1.68. The maximum atomic E-state index is 11.6. The van der Waals surface area contributed by atoms with Gasteiger partial charge in [-0.3, -0.25) is 4.79 Å². The third-order valence-corrected chi connectivity index (χ3v) is 2.66. The number of hydrogen-bond acceptors (Lipinski definition) is 4. The van der Waals surface area contributed by atoms with Gasteiger partial charge in [-0.2, -0.15) is 0 Å². The smallest absolute Gasteiger partial charge is 0.313 e. The molecule has 0 aliphatic carbocycles. The molecule has 0 aromatic carbocycles. The molecule has 0 saturated carbocycles. The van der Waals surface area contributed by atoms with E-state index in [1.165, 1.54) is 0 Å². The Morgan fingerprint density at radius 2 is 2.15 bits per heavy atom. The van der Waals surface area contributed by atoms with Crippen LogP contribution in [-0.2, 0) is 9.53 Å². The summed E-state index contributed by atoms with van der Waals surface area (Å²) < 4.78 is 5.03. The molecule has 0 amide bonds. The number of nitrogens with two attached hydrogens (primary N) is 1. The van der Waals surface area contributed by atoms with Crippen LogP contribution in [0.4, 0.5) is 0 Å². The average Bonchev–Trinajstić information content (AvgIpc) is 2.19. The van der Waals surface area contributed by atoms with Gasteiger partial charge in [-0.1, -0.05) is 0 Å². The second-order valence-corrected chi connectivity index (χ2v) is 3.45. The quantitative estimate of drug-likeness (QED) is 0.603. The van der Waals surface area contributed by atoms with Gasteiger partial charge in [0.05, 0.1) is 12.0 Å². The molecule has 3 N–H and O–H groups in total. The SMILES string of the molecule is CCOC(=O)C1(CN)CCNCC1. The van der Waals surface area contributed by atoms with Gasteiger partial charge < -0.3 is 15.8 Å². The van der Waals surface area contributed by atoms with Crippen molar-refractivity contribution in [1.29, 1.82) is 0 Å². The summed E-state index contributed by atoms with van der Waals surface area (Å²) in [5.74, 6) is -0.126. The molecule has 76 valence electrons. The van der Waals surface area contributed by atoms with Gasteiger partial charge in [0.15, 0.2) is 0 Å². The van der Waals surface area contributed by atoms with Crippen molar-refractivity contribution in [3.63, 3.8) is 0 Å². The third kappa shape index (κ3) is 2.19. The van der Waals surface area contributed by atoms with Crippen LogP contribution in [0.1, 0.15) is 19.8 Å². The number of rotatable bonds is 3. The van der Waals surface area contributed by atoms with Gasteiger partial charge in [0, 0.05) is 6.54 Å². The molecule has 0 bridgehead atoms. The Balaban J connectivity index is 2.61. The number of ether oxygens (including phenoxy) is 1. The lowest BCUT2D eigenvalue weighted by Crippen LogP contribution is -2.47. The minimum absolute atomic E-state index is 0.126. The summed E-state index contributed by atoms with van der Waals surface area (Å²) >= 11 is 0. The maximum absolute atomic E-state index is 11.6. The Morgan fingerprint density at radius 1 is 1.54 bits per heavy atom. The summed E-state index contributed by atoms with van der Waals surface area (Å²) in [7, 11) is 0. The Morgan fingerprint density at radius 3 is 2.62 bits per heavy atom. The van der Waals surface area contributed by atoms with Gasteiger partial charge in [-0.25, -0.2) is 0 Å². The zero-order chi connectivity index (χ0) is 9.73. The van der Waals surface area contributed by atoms with Crippen molar-refractivity contribution < 1.29 is 9.53 Å². The first-order valence-electron chi connectivity index (χ1n) is 4.83. The number of carbonyl (C=O) groups excluding carboxylic acids is 1. The molecule has 0 spiro atoms. The normalized spacial score (nSPS) is 21.1. The molecule has 1 saturated heterocycles. The van der Waals surface area contributed by atoms with E-state index in [9.17, 15) is 4.79 Å². The molecule has 1 heterocycles. The molecule has 1 aliphatic rings. The molecular weight excluding hydrogens is 168 g/mol. The minimum atomic E-state index is -0.415. The highest BCUT2D eigenvalue weighted by atomic mass is 16.5. The molecule has 0 atom stereocenters. The summed E-state index contributed by atoms with van der Waals surface area (Å²) in [5, 5.41) is 3.21. The van der Waals surface area contributed by atoms with Crippen LogP contribution < -0.4 is 11.1 Å².